The quantitative estimate of drug-likeness (QED) is 0.426. The summed E-state index contributed by atoms with van der Waals surface area (Å²) in [6.07, 6.45) is 0.797. The number of amides is 1. The Morgan fingerprint density at radius 1 is 1.19 bits per heavy atom. The number of ether oxygens (including phenoxy) is 2. The van der Waals surface area contributed by atoms with Crippen LogP contribution in [0.2, 0.25) is 0 Å². The molecule has 1 N–H and O–H groups in total. The molecule has 0 radical (unpaired) electrons. The molecule has 0 bridgehead atoms. The lowest BCUT2D eigenvalue weighted by atomic mass is 9.94. The van der Waals surface area contributed by atoms with E-state index in [0.717, 1.165) is 29.0 Å². The summed E-state index contributed by atoms with van der Waals surface area (Å²) >= 11 is 0. The second kappa shape index (κ2) is 8.67. The number of Topliss-reactive ketones (excluding diaryl/α,β-unsaturated/α-hetero) is 1. The fourth-order valence-corrected chi connectivity index (χ4v) is 4.33. The van der Waals surface area contributed by atoms with Crippen LogP contribution in [0, 0.1) is 0 Å². The van der Waals surface area contributed by atoms with Crippen molar-refractivity contribution in [2.45, 2.75) is 25.5 Å². The van der Waals surface area contributed by atoms with E-state index in [1.54, 1.807) is 19.2 Å². The molecule has 7 nitrogen and oxygen atoms in total. The van der Waals surface area contributed by atoms with E-state index in [2.05, 4.69) is 0 Å². The lowest BCUT2D eigenvalue weighted by Crippen LogP contribution is -2.32. The number of methoxy groups -OCH3 is 1. The standard InChI is InChI=1S/C25H28N2O5/c1-15-13-18-14-17(7-10-20(18)32-15)23(28)21-22(16-5-8-19(9-6-16)26(2)3)27(11-12-31-4)25(30)24(21)29/h5-10,14-15,22,28H,11-13H2,1-4H3/t15-,22+/m1/s1. The maximum Gasteiger partial charge on any atom is 0.295 e. The predicted octanol–water partition coefficient (Wildman–Crippen LogP) is 3.14. The van der Waals surface area contributed by atoms with Gasteiger partial charge in [-0.25, -0.2) is 0 Å². The van der Waals surface area contributed by atoms with Crippen molar-refractivity contribution >= 4 is 23.1 Å². The minimum absolute atomic E-state index is 0.0669. The van der Waals surface area contributed by atoms with Gasteiger partial charge in [-0.3, -0.25) is 9.59 Å². The molecule has 0 aliphatic carbocycles. The largest absolute Gasteiger partial charge is 0.507 e. The number of fused-ring (bicyclic) bond motifs is 1. The third-order valence-corrected chi connectivity index (χ3v) is 5.97. The van der Waals surface area contributed by atoms with Gasteiger partial charge in [-0.05, 0) is 48.4 Å². The minimum Gasteiger partial charge on any atom is -0.507 e. The Morgan fingerprint density at radius 2 is 1.91 bits per heavy atom. The highest BCUT2D eigenvalue weighted by atomic mass is 16.5. The van der Waals surface area contributed by atoms with Crippen LogP contribution in [0.15, 0.2) is 48.0 Å². The number of carbonyl (C=O) groups excluding carboxylic acids is 2. The third-order valence-electron chi connectivity index (χ3n) is 5.97. The number of rotatable bonds is 6. The summed E-state index contributed by atoms with van der Waals surface area (Å²) in [5, 5.41) is 11.2. The van der Waals surface area contributed by atoms with Crippen LogP contribution in [-0.2, 0) is 20.7 Å². The molecular formula is C25H28N2O5. The summed E-state index contributed by atoms with van der Waals surface area (Å²) < 4.78 is 10.9. The van der Waals surface area contributed by atoms with Crippen LogP contribution < -0.4 is 9.64 Å². The SMILES string of the molecule is COCCN1C(=O)C(=O)C(=C(O)c2ccc3c(c2)C[C@@H](C)O3)[C@@H]1c1ccc(N(C)C)cc1. The van der Waals surface area contributed by atoms with E-state index in [1.165, 1.54) is 4.90 Å². The highest BCUT2D eigenvalue weighted by Crippen LogP contribution is 2.40. The number of nitrogens with zero attached hydrogens (tertiary/aromatic N) is 2. The van der Waals surface area contributed by atoms with Gasteiger partial charge < -0.3 is 24.4 Å². The van der Waals surface area contributed by atoms with Gasteiger partial charge in [0.2, 0.25) is 0 Å². The molecule has 0 spiro atoms. The van der Waals surface area contributed by atoms with Crippen LogP contribution >= 0.6 is 0 Å². The van der Waals surface area contributed by atoms with Gasteiger partial charge in [-0.2, -0.15) is 0 Å². The fraction of sp³-hybridized carbons (Fsp3) is 0.360. The van der Waals surface area contributed by atoms with Crippen molar-refractivity contribution in [3.63, 3.8) is 0 Å². The Balaban J connectivity index is 1.81. The van der Waals surface area contributed by atoms with Gasteiger partial charge >= 0.3 is 0 Å². The molecule has 2 aliphatic rings. The van der Waals surface area contributed by atoms with E-state index in [0.29, 0.717) is 5.56 Å². The van der Waals surface area contributed by atoms with E-state index < -0.39 is 17.7 Å². The molecule has 2 atom stereocenters. The van der Waals surface area contributed by atoms with Crippen LogP contribution in [0.4, 0.5) is 5.69 Å². The molecule has 4 rings (SSSR count). The van der Waals surface area contributed by atoms with Gasteiger partial charge in [0.05, 0.1) is 18.2 Å². The van der Waals surface area contributed by atoms with Gasteiger partial charge in [0.1, 0.15) is 17.6 Å². The molecule has 2 aromatic rings. The number of anilines is 1. The summed E-state index contributed by atoms with van der Waals surface area (Å²) in [5.41, 5.74) is 3.32. The lowest BCUT2D eigenvalue weighted by molar-refractivity contribution is -0.140. The molecule has 32 heavy (non-hydrogen) atoms. The molecule has 2 heterocycles. The second-order valence-corrected chi connectivity index (χ2v) is 8.43. The first-order chi connectivity index (χ1) is 15.3. The smallest absolute Gasteiger partial charge is 0.295 e. The molecule has 1 amide bonds. The zero-order chi connectivity index (χ0) is 23.0. The highest BCUT2D eigenvalue weighted by Gasteiger charge is 2.46. The number of aliphatic hydroxyl groups is 1. The van der Waals surface area contributed by atoms with Crippen molar-refractivity contribution in [1.82, 2.24) is 4.90 Å². The Hall–Kier alpha value is -3.32. The van der Waals surface area contributed by atoms with Crippen molar-refractivity contribution in [3.8, 4) is 5.75 Å². The first kappa shape index (κ1) is 21.9. The van der Waals surface area contributed by atoms with Gasteiger partial charge in [0, 0.05) is 45.4 Å². The monoisotopic (exact) mass is 436 g/mol. The molecule has 7 heteroatoms. The molecule has 1 fully saturated rings. The number of aliphatic hydroxyl groups excluding tert-OH is 1. The van der Waals surface area contributed by atoms with Crippen LogP contribution in [0.1, 0.15) is 29.7 Å². The molecule has 1 saturated heterocycles. The van der Waals surface area contributed by atoms with Crippen molar-refractivity contribution < 1.29 is 24.2 Å². The zero-order valence-electron chi connectivity index (χ0n) is 18.8. The highest BCUT2D eigenvalue weighted by molar-refractivity contribution is 6.46. The molecular weight excluding hydrogens is 408 g/mol. The maximum absolute atomic E-state index is 13.1. The predicted molar refractivity (Wildman–Crippen MR) is 122 cm³/mol. The molecule has 0 unspecified atom stereocenters. The number of benzene rings is 2. The summed E-state index contributed by atoms with van der Waals surface area (Å²) in [5.74, 6) is -0.716. The number of carbonyl (C=O) groups is 2. The Morgan fingerprint density at radius 3 is 2.56 bits per heavy atom. The zero-order valence-corrected chi connectivity index (χ0v) is 18.8. The topological polar surface area (TPSA) is 79.3 Å². The lowest BCUT2D eigenvalue weighted by Gasteiger charge is -2.25. The summed E-state index contributed by atoms with van der Waals surface area (Å²) in [4.78, 5) is 29.4. The third kappa shape index (κ3) is 3.84. The number of hydrogen-bond acceptors (Lipinski definition) is 6. The molecule has 0 aromatic heterocycles. The van der Waals surface area contributed by atoms with Gasteiger partial charge in [0.25, 0.3) is 11.7 Å². The van der Waals surface area contributed by atoms with Crippen molar-refractivity contribution in [3.05, 3.63) is 64.7 Å². The molecule has 2 aromatic carbocycles. The van der Waals surface area contributed by atoms with E-state index in [-0.39, 0.29) is 30.6 Å². The van der Waals surface area contributed by atoms with E-state index in [9.17, 15) is 14.7 Å². The molecule has 168 valence electrons. The minimum atomic E-state index is -0.690. The normalized spacial score (nSPS) is 21.6. The van der Waals surface area contributed by atoms with Crippen LogP contribution in [0.5, 0.6) is 5.75 Å². The van der Waals surface area contributed by atoms with Crippen LogP contribution in [0.3, 0.4) is 0 Å². The number of hydrogen-bond donors (Lipinski definition) is 1. The van der Waals surface area contributed by atoms with Crippen molar-refractivity contribution in [2.75, 3.05) is 39.3 Å². The van der Waals surface area contributed by atoms with Crippen LogP contribution in [-0.4, -0.2) is 62.2 Å². The van der Waals surface area contributed by atoms with E-state index in [4.69, 9.17) is 9.47 Å². The van der Waals surface area contributed by atoms with Crippen LogP contribution in [0.25, 0.3) is 5.76 Å². The van der Waals surface area contributed by atoms with Gasteiger partial charge in [-0.1, -0.05) is 12.1 Å². The van der Waals surface area contributed by atoms with Gasteiger partial charge in [0.15, 0.2) is 0 Å². The number of ketones is 1. The molecule has 0 saturated carbocycles. The van der Waals surface area contributed by atoms with Crippen molar-refractivity contribution in [1.29, 1.82) is 0 Å². The van der Waals surface area contributed by atoms with E-state index in [1.807, 2.05) is 56.3 Å². The maximum atomic E-state index is 13.1. The average molecular weight is 437 g/mol. The van der Waals surface area contributed by atoms with Gasteiger partial charge in [-0.15, -0.1) is 0 Å². The Bertz CT molecular complexity index is 1070. The first-order valence-corrected chi connectivity index (χ1v) is 10.7. The summed E-state index contributed by atoms with van der Waals surface area (Å²) in [6, 6.07) is 12.3. The average Bonchev–Trinajstić information content (AvgIpc) is 3.27. The first-order valence-electron chi connectivity index (χ1n) is 10.7. The fourth-order valence-electron chi connectivity index (χ4n) is 4.33. The Kier molecular flexibility index (Phi) is 5.93. The Labute approximate surface area is 187 Å². The molecule has 2 aliphatic heterocycles. The van der Waals surface area contributed by atoms with E-state index >= 15 is 0 Å². The second-order valence-electron chi connectivity index (χ2n) is 8.43. The summed E-state index contributed by atoms with van der Waals surface area (Å²) in [7, 11) is 5.43. The van der Waals surface area contributed by atoms with Crippen molar-refractivity contribution in [2.24, 2.45) is 0 Å². The summed E-state index contributed by atoms with van der Waals surface area (Å²) in [6.45, 7) is 2.51. The number of likely N-dealkylation sites (tertiary alicyclic amines) is 1.